The Kier molecular flexibility index (Phi) is 7.84. The average molecular weight is 747 g/mol. The zero-order valence-electron chi connectivity index (χ0n) is 23.4. The van der Waals surface area contributed by atoms with Gasteiger partial charge in [-0.15, -0.1) is 0 Å². The fourth-order valence-corrected chi connectivity index (χ4v) is 8.24. The van der Waals surface area contributed by atoms with Crippen molar-refractivity contribution in [1.82, 2.24) is 4.57 Å². The molecular formula is C34H22Br2FN3O4S. The van der Waals surface area contributed by atoms with Crippen LogP contribution in [0.4, 0.5) is 10.1 Å². The molecule has 2 heterocycles. The van der Waals surface area contributed by atoms with Crippen molar-refractivity contribution in [3.8, 4) is 5.75 Å². The number of hydrogen-bond acceptors (Lipinski definition) is 6. The van der Waals surface area contributed by atoms with E-state index in [1.807, 2.05) is 30.3 Å². The van der Waals surface area contributed by atoms with Crippen LogP contribution in [-0.4, -0.2) is 9.49 Å². The minimum absolute atomic E-state index is 0.0183. The molecule has 0 N–H and O–H groups in total. The molecule has 0 spiro atoms. The Hall–Kier alpha value is -4.19. The van der Waals surface area contributed by atoms with Gasteiger partial charge in [0.05, 0.1) is 30.1 Å². The van der Waals surface area contributed by atoms with Crippen LogP contribution in [0.15, 0.2) is 109 Å². The van der Waals surface area contributed by atoms with Gasteiger partial charge in [0.1, 0.15) is 18.2 Å². The van der Waals surface area contributed by atoms with Crippen molar-refractivity contribution in [2.24, 2.45) is 4.99 Å². The van der Waals surface area contributed by atoms with E-state index in [1.165, 1.54) is 41.2 Å². The molecule has 1 unspecified atom stereocenters. The van der Waals surface area contributed by atoms with Gasteiger partial charge in [-0.3, -0.25) is 19.5 Å². The van der Waals surface area contributed by atoms with Gasteiger partial charge >= 0.3 is 0 Å². The third kappa shape index (κ3) is 5.60. The van der Waals surface area contributed by atoms with Crippen LogP contribution in [-0.2, 0) is 13.0 Å². The van der Waals surface area contributed by atoms with E-state index in [0.717, 1.165) is 46.4 Å². The first kappa shape index (κ1) is 29.5. The molecule has 45 heavy (non-hydrogen) atoms. The lowest BCUT2D eigenvalue weighted by Crippen LogP contribution is -2.38. The molecule has 4 aromatic carbocycles. The second kappa shape index (κ2) is 12.0. The van der Waals surface area contributed by atoms with Gasteiger partial charge in [0.2, 0.25) is 0 Å². The summed E-state index contributed by atoms with van der Waals surface area (Å²) in [7, 11) is 0. The molecule has 0 saturated heterocycles. The fourth-order valence-electron chi connectivity index (χ4n) is 5.79. The van der Waals surface area contributed by atoms with Gasteiger partial charge in [-0.1, -0.05) is 47.7 Å². The van der Waals surface area contributed by atoms with Crippen molar-refractivity contribution in [1.29, 1.82) is 0 Å². The van der Waals surface area contributed by atoms with E-state index in [1.54, 1.807) is 28.8 Å². The number of allylic oxidation sites excluding steroid dienone is 1. The smallest absolute Gasteiger partial charge is 0.271 e. The summed E-state index contributed by atoms with van der Waals surface area (Å²) in [5.74, 6) is 0.236. The minimum atomic E-state index is -0.441. The fraction of sp³-hybridized carbons (Fsp3) is 0.118. The average Bonchev–Trinajstić information content (AvgIpc) is 3.34. The van der Waals surface area contributed by atoms with Crippen LogP contribution in [0.2, 0.25) is 0 Å². The third-order valence-corrected chi connectivity index (χ3v) is 10.1. The van der Waals surface area contributed by atoms with E-state index < -0.39 is 4.92 Å². The number of nitro groups is 1. The van der Waals surface area contributed by atoms with Gasteiger partial charge in [0, 0.05) is 17.7 Å². The van der Waals surface area contributed by atoms with Crippen molar-refractivity contribution in [3.05, 3.63) is 163 Å². The Balaban J connectivity index is 1.27. The number of aromatic nitrogens is 1. The molecule has 0 radical (unpaired) electrons. The van der Waals surface area contributed by atoms with E-state index >= 15 is 0 Å². The Labute approximate surface area is 277 Å². The molecule has 0 amide bonds. The molecule has 1 aromatic heterocycles. The lowest BCUT2D eigenvalue weighted by atomic mass is 9.83. The number of thiazole rings is 1. The number of ether oxygens (including phenoxy) is 1. The minimum Gasteiger partial charge on any atom is -0.487 e. The van der Waals surface area contributed by atoms with Gasteiger partial charge in [0.25, 0.3) is 11.2 Å². The lowest BCUT2D eigenvalue weighted by molar-refractivity contribution is -0.384. The lowest BCUT2D eigenvalue weighted by Gasteiger charge is -2.30. The molecule has 1 aliphatic carbocycles. The van der Waals surface area contributed by atoms with Crippen molar-refractivity contribution >= 4 is 60.7 Å². The van der Waals surface area contributed by atoms with Crippen LogP contribution in [0.3, 0.4) is 0 Å². The van der Waals surface area contributed by atoms with Crippen LogP contribution in [0.1, 0.15) is 40.3 Å². The highest BCUT2D eigenvalue weighted by atomic mass is 79.9. The van der Waals surface area contributed by atoms with Gasteiger partial charge in [0.15, 0.2) is 4.80 Å². The topological polar surface area (TPSA) is 86.7 Å². The number of non-ortho nitro benzene ring substituents is 1. The third-order valence-electron chi connectivity index (χ3n) is 7.91. The predicted molar refractivity (Wildman–Crippen MR) is 178 cm³/mol. The number of nitrogens with zero attached hydrogens (tertiary/aromatic N) is 3. The number of fused-ring (bicyclic) bond motifs is 3. The maximum absolute atomic E-state index is 14.0. The molecule has 11 heteroatoms. The molecule has 7 rings (SSSR count). The molecule has 224 valence electrons. The van der Waals surface area contributed by atoms with Crippen molar-refractivity contribution in [3.63, 3.8) is 0 Å². The second-order valence-corrected chi connectivity index (χ2v) is 13.4. The maximum atomic E-state index is 14.0. The number of hydrogen-bond donors (Lipinski definition) is 0. The first-order valence-electron chi connectivity index (χ1n) is 14.0. The Morgan fingerprint density at radius 1 is 1.02 bits per heavy atom. The summed E-state index contributed by atoms with van der Waals surface area (Å²) in [5.41, 5.74) is 6.49. The predicted octanol–water partition coefficient (Wildman–Crippen LogP) is 7.47. The van der Waals surface area contributed by atoms with Gasteiger partial charge in [-0.2, -0.15) is 0 Å². The second-order valence-electron chi connectivity index (χ2n) is 10.7. The van der Waals surface area contributed by atoms with Crippen LogP contribution >= 0.6 is 43.2 Å². The van der Waals surface area contributed by atoms with Crippen LogP contribution in [0.25, 0.3) is 11.8 Å². The molecule has 0 bridgehead atoms. The number of halogens is 3. The summed E-state index contributed by atoms with van der Waals surface area (Å²) in [6.07, 6.45) is 3.42. The summed E-state index contributed by atoms with van der Waals surface area (Å²) in [6.45, 7) is 0.213. The highest BCUT2D eigenvalue weighted by molar-refractivity contribution is 9.11. The molecule has 7 nitrogen and oxygen atoms in total. The van der Waals surface area contributed by atoms with Gasteiger partial charge in [-0.05, 0) is 115 Å². The number of nitro benzene ring substituents is 1. The van der Waals surface area contributed by atoms with E-state index in [9.17, 15) is 19.3 Å². The Morgan fingerprint density at radius 2 is 1.73 bits per heavy atom. The number of aryl methyl sites for hydroxylation is 1. The van der Waals surface area contributed by atoms with Crippen LogP contribution in [0.5, 0.6) is 5.75 Å². The van der Waals surface area contributed by atoms with Gasteiger partial charge in [-0.25, -0.2) is 9.38 Å². The summed E-state index contributed by atoms with van der Waals surface area (Å²) in [5, 5.41) is 10.9. The Bertz CT molecular complexity index is 2190. The first-order valence-corrected chi connectivity index (χ1v) is 16.4. The summed E-state index contributed by atoms with van der Waals surface area (Å²) < 4.78 is 23.6. The summed E-state index contributed by atoms with van der Waals surface area (Å²) in [4.78, 5) is 30.2. The summed E-state index contributed by atoms with van der Waals surface area (Å²) >= 11 is 8.51. The number of benzene rings is 4. The molecule has 0 fully saturated rings. The first-order chi connectivity index (χ1) is 21.8. The quantitative estimate of drug-likeness (QED) is 0.133. The normalized spacial score (nSPS) is 15.6. The molecule has 1 atom stereocenters. The monoisotopic (exact) mass is 745 g/mol. The largest absolute Gasteiger partial charge is 0.487 e. The van der Waals surface area contributed by atoms with Crippen molar-refractivity contribution in [2.45, 2.75) is 25.5 Å². The highest BCUT2D eigenvalue weighted by Gasteiger charge is 2.32. The van der Waals surface area contributed by atoms with E-state index in [2.05, 4.69) is 44.0 Å². The van der Waals surface area contributed by atoms with Crippen LogP contribution in [0, 0.1) is 15.9 Å². The molecule has 5 aromatic rings. The summed E-state index contributed by atoms with van der Waals surface area (Å²) in [6, 6.07) is 24.1. The standard InChI is InChI=1S/C34H22Br2FN3O4S/c35-27-15-20(16-28(36)32(27)44-18-19-5-12-24(13-6-19)40(42)43)17-29-33(41)39-31(22-7-10-23(37)11-8-22)26-14-9-21-3-1-2-4-25(21)30(26)38-34(39)45-29/h1-8,10-13,15-17,31H,9,14,18H2. The highest BCUT2D eigenvalue weighted by Crippen LogP contribution is 2.41. The van der Waals surface area contributed by atoms with E-state index in [-0.39, 0.29) is 29.7 Å². The maximum Gasteiger partial charge on any atom is 0.271 e. The SMILES string of the molecule is O=c1c(=Cc2cc(Br)c(OCc3ccc([N+](=O)[O-])cc3)c(Br)c2)sc2n1C(c1ccc(F)cc1)C1=C(N=2)c2ccccc2CC1. The molecule has 0 saturated carbocycles. The van der Waals surface area contributed by atoms with Crippen LogP contribution < -0.4 is 19.6 Å². The zero-order chi connectivity index (χ0) is 31.2. The van der Waals surface area contributed by atoms with E-state index in [4.69, 9.17) is 9.73 Å². The van der Waals surface area contributed by atoms with Gasteiger partial charge < -0.3 is 4.74 Å². The zero-order valence-corrected chi connectivity index (χ0v) is 27.4. The molecule has 1 aliphatic heterocycles. The molecular weight excluding hydrogens is 725 g/mol. The Morgan fingerprint density at radius 3 is 2.44 bits per heavy atom. The van der Waals surface area contributed by atoms with Crippen molar-refractivity contribution in [2.75, 3.05) is 0 Å². The number of rotatable bonds is 6. The van der Waals surface area contributed by atoms with E-state index in [0.29, 0.717) is 24.0 Å². The molecule has 2 aliphatic rings. The van der Waals surface area contributed by atoms with Crippen molar-refractivity contribution < 1.29 is 14.1 Å².